The SMILES string of the molecule is O=C(O)c1ccc2ccccc2n1.[CH2][CH][CH2].[CH]1[CH][CH][CH][CH]1.[Ru]. The predicted octanol–water partition coefficient (Wildman–Crippen LogP) is 3.81. The van der Waals surface area contributed by atoms with Crippen LogP contribution < -0.4 is 0 Å². The fraction of sp³-hybridized carbons (Fsp3) is 0. The van der Waals surface area contributed by atoms with Crippen LogP contribution in [0, 0.1) is 52.4 Å². The Morgan fingerprint density at radius 1 is 0.955 bits per heavy atom. The van der Waals surface area contributed by atoms with E-state index in [1.54, 1.807) is 12.1 Å². The molecule has 3 nitrogen and oxygen atoms in total. The van der Waals surface area contributed by atoms with Gasteiger partial charge in [-0.1, -0.05) is 24.3 Å². The van der Waals surface area contributed by atoms with Gasteiger partial charge in [-0.3, -0.25) is 0 Å². The molecule has 1 aliphatic rings. The standard InChI is InChI=1S/C10H7NO2.C5H5.C3H5.Ru/c12-10(13)9-6-5-7-3-1-2-4-8(7)11-9;1-2-4-5-3-1;1-3-2;/h1-6H,(H,12,13);1-5H;3H,1-2H2;. The summed E-state index contributed by atoms with van der Waals surface area (Å²) in [7, 11) is 0. The van der Waals surface area contributed by atoms with Gasteiger partial charge < -0.3 is 5.11 Å². The second kappa shape index (κ2) is 12.3. The zero-order valence-corrected chi connectivity index (χ0v) is 13.7. The molecule has 0 amide bonds. The number of hydrogen-bond acceptors (Lipinski definition) is 2. The van der Waals surface area contributed by atoms with Gasteiger partial charge in [-0.25, -0.2) is 9.78 Å². The molecule has 1 N–H and O–H groups in total. The van der Waals surface area contributed by atoms with Crippen molar-refractivity contribution < 1.29 is 29.4 Å². The maximum absolute atomic E-state index is 10.6. The third kappa shape index (κ3) is 7.65. The minimum Gasteiger partial charge on any atom is -0.477 e. The van der Waals surface area contributed by atoms with Crippen molar-refractivity contribution in [1.29, 1.82) is 0 Å². The number of nitrogens with zero attached hydrogens (tertiary/aromatic N) is 1. The fourth-order valence-corrected chi connectivity index (χ4v) is 1.51. The smallest absolute Gasteiger partial charge is 0.354 e. The van der Waals surface area contributed by atoms with Gasteiger partial charge in [0.05, 0.1) is 5.52 Å². The number of fused-ring (bicyclic) bond motifs is 1. The Morgan fingerprint density at radius 3 is 1.95 bits per heavy atom. The normalized spacial score (nSPS) is 12.3. The Balaban J connectivity index is 0.000000411. The maximum atomic E-state index is 10.6. The number of hydrogen-bond donors (Lipinski definition) is 1. The van der Waals surface area contributed by atoms with E-state index in [9.17, 15) is 4.79 Å². The Hall–Kier alpha value is -1.28. The van der Waals surface area contributed by atoms with Crippen LogP contribution in [0.25, 0.3) is 10.9 Å². The van der Waals surface area contributed by atoms with E-state index in [2.05, 4.69) is 18.8 Å². The topological polar surface area (TPSA) is 50.2 Å². The molecule has 0 atom stereocenters. The summed E-state index contributed by atoms with van der Waals surface area (Å²) < 4.78 is 0. The molecular weight excluding hydrogens is 363 g/mol. The van der Waals surface area contributed by atoms with Gasteiger partial charge in [0, 0.05) is 24.9 Å². The summed E-state index contributed by atoms with van der Waals surface area (Å²) in [6, 6.07) is 10.7. The Morgan fingerprint density at radius 2 is 1.45 bits per heavy atom. The van der Waals surface area contributed by atoms with Crippen molar-refractivity contribution in [2.45, 2.75) is 0 Å². The first kappa shape index (κ1) is 20.7. The number of aromatic carboxylic acids is 1. The third-order valence-corrected chi connectivity index (χ3v) is 2.37. The molecule has 1 heterocycles. The second-order valence-corrected chi connectivity index (χ2v) is 3.95. The summed E-state index contributed by atoms with van der Waals surface area (Å²) >= 11 is 0. The number of pyridine rings is 1. The molecule has 114 valence electrons. The van der Waals surface area contributed by atoms with Gasteiger partial charge in [-0.05, 0) is 64.5 Å². The molecule has 8 radical (unpaired) electrons. The summed E-state index contributed by atoms with van der Waals surface area (Å²) in [6.45, 7) is 6.50. The van der Waals surface area contributed by atoms with Gasteiger partial charge in [-0.15, -0.1) is 0 Å². The monoisotopic (exact) mass is 381 g/mol. The molecule has 0 saturated heterocycles. The van der Waals surface area contributed by atoms with Crippen LogP contribution in [-0.4, -0.2) is 16.1 Å². The van der Waals surface area contributed by atoms with Crippen molar-refractivity contribution >= 4 is 16.9 Å². The Bertz CT molecular complexity index is 546. The van der Waals surface area contributed by atoms with Crippen molar-refractivity contribution in [2.75, 3.05) is 0 Å². The Kier molecular flexibility index (Phi) is 11.6. The Labute approximate surface area is 145 Å². The largest absolute Gasteiger partial charge is 0.477 e. The van der Waals surface area contributed by atoms with Crippen molar-refractivity contribution in [3.05, 3.63) is 94.5 Å². The van der Waals surface area contributed by atoms with E-state index < -0.39 is 5.97 Å². The molecule has 0 unspecified atom stereocenters. The number of carboxylic acids is 1. The molecule has 22 heavy (non-hydrogen) atoms. The third-order valence-electron chi connectivity index (χ3n) is 2.37. The summed E-state index contributed by atoms with van der Waals surface area (Å²) in [6.07, 6.45) is 11.5. The maximum Gasteiger partial charge on any atom is 0.354 e. The van der Waals surface area contributed by atoms with E-state index in [-0.39, 0.29) is 25.2 Å². The van der Waals surface area contributed by atoms with Gasteiger partial charge in [-0.2, -0.15) is 0 Å². The number of para-hydroxylation sites is 1. The molecule has 1 aromatic heterocycles. The molecule has 2 aromatic rings. The van der Waals surface area contributed by atoms with Crippen molar-refractivity contribution in [2.24, 2.45) is 0 Å². The van der Waals surface area contributed by atoms with E-state index >= 15 is 0 Å². The fourth-order valence-electron chi connectivity index (χ4n) is 1.51. The first-order valence-corrected chi connectivity index (χ1v) is 6.35. The number of rotatable bonds is 1. The molecule has 0 bridgehead atoms. The van der Waals surface area contributed by atoms with Gasteiger partial charge in [0.1, 0.15) is 5.69 Å². The molecule has 1 aliphatic carbocycles. The van der Waals surface area contributed by atoms with Crippen molar-refractivity contribution in [1.82, 2.24) is 4.98 Å². The molecular formula is C18H17NO2Ru. The van der Waals surface area contributed by atoms with E-state index in [0.717, 1.165) is 5.39 Å². The van der Waals surface area contributed by atoms with Crippen molar-refractivity contribution in [3.63, 3.8) is 0 Å². The average molecular weight is 380 g/mol. The number of carbonyl (C=O) groups is 1. The second-order valence-electron chi connectivity index (χ2n) is 3.95. The van der Waals surface area contributed by atoms with Crippen molar-refractivity contribution in [3.8, 4) is 0 Å². The van der Waals surface area contributed by atoms with E-state index in [4.69, 9.17) is 5.11 Å². The summed E-state index contributed by atoms with van der Waals surface area (Å²) in [4.78, 5) is 14.6. The molecule has 0 aliphatic heterocycles. The first-order valence-electron chi connectivity index (χ1n) is 6.35. The zero-order valence-electron chi connectivity index (χ0n) is 12.0. The molecule has 1 fully saturated rings. The molecule has 0 spiro atoms. The first-order chi connectivity index (χ1) is 10.2. The van der Waals surface area contributed by atoms with Crippen LogP contribution in [0.5, 0.6) is 0 Å². The summed E-state index contributed by atoms with van der Waals surface area (Å²) in [5.74, 6) is -0.995. The van der Waals surface area contributed by atoms with E-state index in [1.807, 2.05) is 50.3 Å². The quantitative estimate of drug-likeness (QED) is 0.766. The predicted molar refractivity (Wildman–Crippen MR) is 85.2 cm³/mol. The van der Waals surface area contributed by atoms with Gasteiger partial charge in [0.2, 0.25) is 0 Å². The van der Waals surface area contributed by atoms with Crippen LogP contribution in [-0.2, 0) is 19.5 Å². The average Bonchev–Trinajstić information content (AvgIpc) is 3.07. The number of benzene rings is 1. The minimum absolute atomic E-state index is 0. The minimum atomic E-state index is -0.995. The number of carboxylic acid groups (broad SMARTS) is 1. The molecule has 4 heteroatoms. The summed E-state index contributed by atoms with van der Waals surface area (Å²) in [5, 5.41) is 9.63. The van der Waals surface area contributed by atoms with Crippen LogP contribution in [0.15, 0.2) is 36.4 Å². The van der Waals surface area contributed by atoms with Gasteiger partial charge in [0.25, 0.3) is 0 Å². The number of aromatic nitrogens is 1. The van der Waals surface area contributed by atoms with Crippen LogP contribution in [0.4, 0.5) is 0 Å². The van der Waals surface area contributed by atoms with Crippen LogP contribution in [0.3, 0.4) is 0 Å². The van der Waals surface area contributed by atoms with Crippen LogP contribution >= 0.6 is 0 Å². The molecule has 1 saturated carbocycles. The molecule has 1 aromatic carbocycles. The van der Waals surface area contributed by atoms with Gasteiger partial charge >= 0.3 is 5.97 Å². The van der Waals surface area contributed by atoms with Crippen LogP contribution in [0.1, 0.15) is 10.5 Å². The summed E-state index contributed by atoms with van der Waals surface area (Å²) in [5.41, 5.74) is 0.793. The van der Waals surface area contributed by atoms with Crippen LogP contribution in [0.2, 0.25) is 0 Å². The van der Waals surface area contributed by atoms with E-state index in [1.165, 1.54) is 12.5 Å². The zero-order chi connectivity index (χ0) is 15.5. The molecule has 3 rings (SSSR count). The van der Waals surface area contributed by atoms with Gasteiger partial charge in [0.15, 0.2) is 0 Å². The van der Waals surface area contributed by atoms with E-state index in [0.29, 0.717) is 5.52 Å².